The summed E-state index contributed by atoms with van der Waals surface area (Å²) in [6, 6.07) is 21.8. The van der Waals surface area contributed by atoms with Gasteiger partial charge in [0.1, 0.15) is 5.82 Å². The maximum Gasteiger partial charge on any atom is 0.140 e. The molecule has 0 aliphatic rings. The maximum absolute atomic E-state index is 14.7. The van der Waals surface area contributed by atoms with Gasteiger partial charge in [0.05, 0.1) is 5.56 Å². The molecule has 0 radical (unpaired) electrons. The Kier molecular flexibility index (Phi) is 13.3. The van der Waals surface area contributed by atoms with Crippen molar-refractivity contribution in [3.63, 3.8) is 0 Å². The van der Waals surface area contributed by atoms with E-state index in [1.807, 2.05) is 18.2 Å². The minimum absolute atomic E-state index is 0.331. The minimum Gasteiger partial charge on any atom is -0.206 e. The number of hydrogen-bond acceptors (Lipinski definition) is 0. The van der Waals surface area contributed by atoms with E-state index in [0.717, 1.165) is 24.0 Å². The first-order valence-corrected chi connectivity index (χ1v) is 14.7. The molecule has 0 atom stereocenters. The van der Waals surface area contributed by atoms with Crippen molar-refractivity contribution in [2.75, 3.05) is 0 Å². The van der Waals surface area contributed by atoms with Crippen LogP contribution < -0.4 is 0 Å². The summed E-state index contributed by atoms with van der Waals surface area (Å²) >= 11 is 0. The first kappa shape index (κ1) is 29.3. The second-order valence-corrected chi connectivity index (χ2v) is 10.3. The third-order valence-electron chi connectivity index (χ3n) is 6.96. The average molecular weight is 507 g/mol. The van der Waals surface area contributed by atoms with Crippen molar-refractivity contribution in [3.8, 4) is 23.7 Å². The predicted molar refractivity (Wildman–Crippen MR) is 161 cm³/mol. The van der Waals surface area contributed by atoms with Crippen molar-refractivity contribution < 1.29 is 4.39 Å². The highest BCUT2D eigenvalue weighted by molar-refractivity contribution is 5.49. The second-order valence-electron chi connectivity index (χ2n) is 10.3. The lowest BCUT2D eigenvalue weighted by molar-refractivity contribution is 0.607. The van der Waals surface area contributed by atoms with Gasteiger partial charge in [-0.15, -0.1) is 0 Å². The summed E-state index contributed by atoms with van der Waals surface area (Å²) in [5, 5.41) is 0. The summed E-state index contributed by atoms with van der Waals surface area (Å²) in [6.07, 6.45) is 16.6. The summed E-state index contributed by atoms with van der Waals surface area (Å²) in [7, 11) is 0. The fraction of sp³-hybridized carbons (Fsp3) is 0.405. The lowest BCUT2D eigenvalue weighted by atomic mass is 10.0. The lowest BCUT2D eigenvalue weighted by Crippen LogP contribution is -1.88. The van der Waals surface area contributed by atoms with E-state index in [9.17, 15) is 4.39 Å². The van der Waals surface area contributed by atoms with Crippen LogP contribution in [0.25, 0.3) is 0 Å². The van der Waals surface area contributed by atoms with Crippen LogP contribution in [0.3, 0.4) is 0 Å². The summed E-state index contributed by atoms with van der Waals surface area (Å²) < 4.78 is 14.7. The minimum atomic E-state index is -0.331. The number of unbranched alkanes of at least 4 members (excludes halogenated alkanes) is 9. The van der Waals surface area contributed by atoms with Gasteiger partial charge in [0.2, 0.25) is 0 Å². The first-order valence-electron chi connectivity index (χ1n) is 14.7. The molecule has 0 heterocycles. The average Bonchev–Trinajstić information content (AvgIpc) is 2.94. The normalized spacial score (nSPS) is 10.4. The van der Waals surface area contributed by atoms with Crippen molar-refractivity contribution in [3.05, 3.63) is 106 Å². The highest BCUT2D eigenvalue weighted by atomic mass is 19.1. The molecule has 1 heteroatoms. The molecular formula is C37H43F. The number of aryl methyl sites for hydroxylation is 2. The standard InChI is InChI=1S/C37H43F/c1-3-5-7-9-11-13-15-32-16-20-33(21-17-32)24-25-35-27-29-36(37(38)30-35)28-26-34-22-18-31(19-23-34)14-12-10-8-6-4-2/h16-23,27,29-30H,3-15H2,1-2H3. The fourth-order valence-electron chi connectivity index (χ4n) is 4.53. The summed E-state index contributed by atoms with van der Waals surface area (Å²) in [6.45, 7) is 4.49. The zero-order chi connectivity index (χ0) is 26.8. The zero-order valence-corrected chi connectivity index (χ0v) is 23.4. The summed E-state index contributed by atoms with van der Waals surface area (Å²) in [5.74, 6) is 12.0. The number of rotatable bonds is 13. The fourth-order valence-corrected chi connectivity index (χ4v) is 4.53. The molecule has 3 aromatic carbocycles. The van der Waals surface area contributed by atoms with Crippen molar-refractivity contribution in [2.24, 2.45) is 0 Å². The van der Waals surface area contributed by atoms with Crippen LogP contribution in [-0.4, -0.2) is 0 Å². The third kappa shape index (κ3) is 11.0. The van der Waals surface area contributed by atoms with Crippen molar-refractivity contribution in [1.29, 1.82) is 0 Å². The van der Waals surface area contributed by atoms with Crippen LogP contribution >= 0.6 is 0 Å². The molecule has 0 saturated carbocycles. The van der Waals surface area contributed by atoms with E-state index < -0.39 is 0 Å². The number of halogens is 1. The highest BCUT2D eigenvalue weighted by Gasteiger charge is 2.01. The lowest BCUT2D eigenvalue weighted by Gasteiger charge is -2.02. The van der Waals surface area contributed by atoms with Gasteiger partial charge in [-0.2, -0.15) is 0 Å². The molecule has 0 unspecified atom stereocenters. The Morgan fingerprint density at radius 2 is 0.895 bits per heavy atom. The monoisotopic (exact) mass is 506 g/mol. The second kappa shape index (κ2) is 17.3. The number of benzene rings is 3. The van der Waals surface area contributed by atoms with Gasteiger partial charge < -0.3 is 0 Å². The molecule has 0 amide bonds. The summed E-state index contributed by atoms with van der Waals surface area (Å²) in [5.41, 5.74) is 5.61. The van der Waals surface area contributed by atoms with Crippen molar-refractivity contribution in [1.82, 2.24) is 0 Å². The van der Waals surface area contributed by atoms with E-state index >= 15 is 0 Å². The molecule has 0 spiro atoms. The molecule has 0 saturated heterocycles. The summed E-state index contributed by atoms with van der Waals surface area (Å²) in [4.78, 5) is 0. The van der Waals surface area contributed by atoms with E-state index in [1.165, 1.54) is 87.8 Å². The third-order valence-corrected chi connectivity index (χ3v) is 6.96. The molecule has 0 aliphatic carbocycles. The molecule has 0 N–H and O–H groups in total. The molecule has 0 bridgehead atoms. The molecular weight excluding hydrogens is 463 g/mol. The van der Waals surface area contributed by atoms with Gasteiger partial charge in [-0.3, -0.25) is 0 Å². The van der Waals surface area contributed by atoms with E-state index in [2.05, 4.69) is 73.9 Å². The van der Waals surface area contributed by atoms with E-state index in [-0.39, 0.29) is 5.82 Å². The van der Waals surface area contributed by atoms with Gasteiger partial charge in [-0.25, -0.2) is 4.39 Å². The molecule has 0 nitrogen and oxygen atoms in total. The van der Waals surface area contributed by atoms with Crippen LogP contribution in [0.2, 0.25) is 0 Å². The van der Waals surface area contributed by atoms with Gasteiger partial charge in [0.25, 0.3) is 0 Å². The molecule has 38 heavy (non-hydrogen) atoms. The van der Waals surface area contributed by atoms with E-state index in [4.69, 9.17) is 0 Å². The molecule has 3 aromatic rings. The zero-order valence-electron chi connectivity index (χ0n) is 23.4. The molecule has 3 rings (SSSR count). The maximum atomic E-state index is 14.7. The molecule has 198 valence electrons. The van der Waals surface area contributed by atoms with Gasteiger partial charge >= 0.3 is 0 Å². The van der Waals surface area contributed by atoms with E-state index in [0.29, 0.717) is 11.1 Å². The Hall–Kier alpha value is -3.29. The topological polar surface area (TPSA) is 0 Å². The van der Waals surface area contributed by atoms with Crippen LogP contribution in [0.4, 0.5) is 4.39 Å². The van der Waals surface area contributed by atoms with Crippen LogP contribution in [0.15, 0.2) is 66.7 Å². The quantitative estimate of drug-likeness (QED) is 0.160. The van der Waals surface area contributed by atoms with E-state index in [1.54, 1.807) is 6.07 Å². The SMILES string of the molecule is CCCCCCCCc1ccc(C#Cc2ccc(C#Cc3ccc(CCCCCCC)cc3)c(F)c2)cc1. The highest BCUT2D eigenvalue weighted by Crippen LogP contribution is 2.13. The Bertz CT molecular complexity index is 1210. The first-order chi connectivity index (χ1) is 18.7. The molecule has 0 aliphatic heterocycles. The van der Waals surface area contributed by atoms with Crippen LogP contribution in [0, 0.1) is 29.5 Å². The largest absolute Gasteiger partial charge is 0.206 e. The Morgan fingerprint density at radius 1 is 0.474 bits per heavy atom. The van der Waals surface area contributed by atoms with Gasteiger partial charge in [0, 0.05) is 16.7 Å². The number of hydrogen-bond donors (Lipinski definition) is 0. The van der Waals surface area contributed by atoms with Crippen LogP contribution in [0.1, 0.15) is 118 Å². The predicted octanol–water partition coefficient (Wildman–Crippen LogP) is 10.0. The van der Waals surface area contributed by atoms with Crippen molar-refractivity contribution in [2.45, 2.75) is 97.3 Å². The Labute approximate surface area is 231 Å². The van der Waals surface area contributed by atoms with Gasteiger partial charge in [-0.1, -0.05) is 120 Å². The smallest absolute Gasteiger partial charge is 0.140 e. The Balaban J connectivity index is 1.50. The van der Waals surface area contributed by atoms with Crippen LogP contribution in [-0.2, 0) is 12.8 Å². The molecule has 0 fully saturated rings. The van der Waals surface area contributed by atoms with Gasteiger partial charge in [0.15, 0.2) is 0 Å². The Morgan fingerprint density at radius 3 is 1.39 bits per heavy atom. The van der Waals surface area contributed by atoms with Crippen molar-refractivity contribution >= 4 is 0 Å². The molecule has 0 aromatic heterocycles. The van der Waals surface area contributed by atoms with Gasteiger partial charge in [-0.05, 0) is 79.3 Å². The van der Waals surface area contributed by atoms with Crippen LogP contribution in [0.5, 0.6) is 0 Å².